The maximum Gasteiger partial charge on any atom is 0.118 e. The second-order valence-electron chi connectivity index (χ2n) is 5.99. The second kappa shape index (κ2) is 5.51. The lowest BCUT2D eigenvalue weighted by Gasteiger charge is -2.42. The predicted molar refractivity (Wildman–Crippen MR) is 77.3 cm³/mol. The summed E-state index contributed by atoms with van der Waals surface area (Å²) in [4.78, 5) is 0. The van der Waals surface area contributed by atoms with E-state index >= 15 is 0 Å². The molecule has 0 heterocycles. The zero-order chi connectivity index (χ0) is 13.9. The van der Waals surface area contributed by atoms with Crippen molar-refractivity contribution in [2.45, 2.75) is 44.6 Å². The van der Waals surface area contributed by atoms with Crippen molar-refractivity contribution in [2.24, 2.45) is 11.1 Å². The van der Waals surface area contributed by atoms with E-state index in [2.05, 4.69) is 0 Å². The number of hydrogen-bond donors (Lipinski definition) is 2. The molecule has 1 fully saturated rings. The van der Waals surface area contributed by atoms with Crippen molar-refractivity contribution in [2.75, 3.05) is 13.7 Å². The summed E-state index contributed by atoms with van der Waals surface area (Å²) in [7, 11) is 1.66. The fraction of sp³-hybridized carbons (Fsp3) is 0.625. The summed E-state index contributed by atoms with van der Waals surface area (Å²) in [5.41, 5.74) is 6.24. The molecular formula is C16H25NO2. The van der Waals surface area contributed by atoms with Gasteiger partial charge in [0.1, 0.15) is 5.75 Å². The molecule has 3 N–H and O–H groups in total. The predicted octanol–water partition coefficient (Wildman–Crippen LogP) is 2.51. The molecule has 0 aromatic heterocycles. The van der Waals surface area contributed by atoms with Gasteiger partial charge in [-0.2, -0.15) is 0 Å². The van der Waals surface area contributed by atoms with Crippen LogP contribution in [-0.2, 0) is 6.42 Å². The topological polar surface area (TPSA) is 55.5 Å². The number of benzene rings is 1. The van der Waals surface area contributed by atoms with Crippen LogP contribution in [0.25, 0.3) is 0 Å². The lowest BCUT2D eigenvalue weighted by Crippen LogP contribution is -2.50. The average Bonchev–Trinajstić information content (AvgIpc) is 2.90. The minimum Gasteiger partial charge on any atom is -0.497 e. The van der Waals surface area contributed by atoms with Gasteiger partial charge in [-0.1, -0.05) is 25.0 Å². The first-order chi connectivity index (χ1) is 9.03. The van der Waals surface area contributed by atoms with E-state index in [0.29, 0.717) is 13.0 Å². The normalized spacial score (nSPS) is 21.1. The molecule has 1 aliphatic carbocycles. The van der Waals surface area contributed by atoms with Gasteiger partial charge >= 0.3 is 0 Å². The molecule has 3 nitrogen and oxygen atoms in total. The molecule has 0 spiro atoms. The molecule has 1 unspecified atom stereocenters. The zero-order valence-electron chi connectivity index (χ0n) is 12.0. The highest BCUT2D eigenvalue weighted by atomic mass is 16.5. The fourth-order valence-electron chi connectivity index (χ4n) is 3.34. The van der Waals surface area contributed by atoms with Crippen LogP contribution >= 0.6 is 0 Å². The van der Waals surface area contributed by atoms with Crippen LogP contribution in [0, 0.1) is 5.41 Å². The molecule has 0 saturated heterocycles. The average molecular weight is 263 g/mol. The number of rotatable bonds is 5. The maximum absolute atomic E-state index is 10.9. The van der Waals surface area contributed by atoms with E-state index in [1.807, 2.05) is 31.2 Å². The molecule has 1 aromatic rings. The number of ether oxygens (including phenoxy) is 1. The Morgan fingerprint density at radius 1 is 1.26 bits per heavy atom. The van der Waals surface area contributed by atoms with Crippen LogP contribution in [0.4, 0.5) is 0 Å². The third kappa shape index (κ3) is 2.77. The van der Waals surface area contributed by atoms with Crippen LogP contribution < -0.4 is 10.5 Å². The van der Waals surface area contributed by atoms with Crippen LogP contribution in [0.15, 0.2) is 24.3 Å². The van der Waals surface area contributed by atoms with Crippen molar-refractivity contribution in [3.8, 4) is 5.75 Å². The van der Waals surface area contributed by atoms with E-state index in [1.54, 1.807) is 7.11 Å². The largest absolute Gasteiger partial charge is 0.497 e. The molecule has 0 aliphatic heterocycles. The van der Waals surface area contributed by atoms with E-state index in [0.717, 1.165) is 24.2 Å². The quantitative estimate of drug-likeness (QED) is 0.858. The van der Waals surface area contributed by atoms with Crippen molar-refractivity contribution < 1.29 is 9.84 Å². The first-order valence-corrected chi connectivity index (χ1v) is 7.08. The lowest BCUT2D eigenvalue weighted by molar-refractivity contribution is -0.0625. The highest BCUT2D eigenvalue weighted by Crippen LogP contribution is 2.47. The Morgan fingerprint density at radius 3 is 2.32 bits per heavy atom. The molecule has 0 radical (unpaired) electrons. The Morgan fingerprint density at radius 2 is 1.84 bits per heavy atom. The molecule has 1 aliphatic rings. The minimum atomic E-state index is -0.743. The van der Waals surface area contributed by atoms with Crippen LogP contribution in [-0.4, -0.2) is 24.4 Å². The Bertz CT molecular complexity index is 405. The summed E-state index contributed by atoms with van der Waals surface area (Å²) in [5, 5.41) is 10.9. The molecule has 2 rings (SSSR count). The van der Waals surface area contributed by atoms with E-state index in [4.69, 9.17) is 10.5 Å². The van der Waals surface area contributed by atoms with E-state index < -0.39 is 5.60 Å². The standard InChI is InChI=1S/C16H25NO2/c1-15(18,16(12-17)9-3-4-10-16)11-13-5-7-14(19-2)8-6-13/h5-8,18H,3-4,9-12,17H2,1-2H3. The third-order valence-corrected chi connectivity index (χ3v) is 4.80. The Balaban J connectivity index is 2.15. The molecule has 1 atom stereocenters. The molecule has 0 amide bonds. The van der Waals surface area contributed by atoms with Crippen LogP contribution in [0.1, 0.15) is 38.2 Å². The van der Waals surface area contributed by atoms with Crippen molar-refractivity contribution >= 4 is 0 Å². The van der Waals surface area contributed by atoms with Crippen molar-refractivity contribution in [1.82, 2.24) is 0 Å². The fourth-order valence-corrected chi connectivity index (χ4v) is 3.34. The highest BCUT2D eigenvalue weighted by Gasteiger charge is 2.47. The number of aliphatic hydroxyl groups is 1. The van der Waals surface area contributed by atoms with Gasteiger partial charge in [0.2, 0.25) is 0 Å². The third-order valence-electron chi connectivity index (χ3n) is 4.80. The van der Waals surface area contributed by atoms with Gasteiger partial charge in [0, 0.05) is 18.4 Å². The van der Waals surface area contributed by atoms with Gasteiger partial charge in [-0.3, -0.25) is 0 Å². The Hall–Kier alpha value is -1.06. The number of hydrogen-bond acceptors (Lipinski definition) is 3. The molecule has 1 aromatic carbocycles. The second-order valence-corrected chi connectivity index (χ2v) is 5.99. The molecule has 106 valence electrons. The highest BCUT2D eigenvalue weighted by molar-refractivity contribution is 5.28. The number of nitrogens with two attached hydrogens (primary N) is 1. The van der Waals surface area contributed by atoms with E-state index in [9.17, 15) is 5.11 Å². The monoisotopic (exact) mass is 263 g/mol. The van der Waals surface area contributed by atoms with Gasteiger partial charge in [-0.25, -0.2) is 0 Å². The summed E-state index contributed by atoms with van der Waals surface area (Å²) in [6.07, 6.45) is 5.07. The molecule has 3 heteroatoms. The van der Waals surface area contributed by atoms with Crippen molar-refractivity contribution in [3.63, 3.8) is 0 Å². The van der Waals surface area contributed by atoms with E-state index in [1.165, 1.54) is 12.8 Å². The summed E-state index contributed by atoms with van der Waals surface area (Å²) >= 11 is 0. The van der Waals surface area contributed by atoms with E-state index in [-0.39, 0.29) is 5.41 Å². The summed E-state index contributed by atoms with van der Waals surface area (Å²) in [5.74, 6) is 0.845. The Kier molecular flexibility index (Phi) is 4.16. The maximum atomic E-state index is 10.9. The zero-order valence-corrected chi connectivity index (χ0v) is 12.0. The van der Waals surface area contributed by atoms with Crippen LogP contribution in [0.5, 0.6) is 5.75 Å². The number of methoxy groups -OCH3 is 1. The smallest absolute Gasteiger partial charge is 0.118 e. The SMILES string of the molecule is COc1ccc(CC(C)(O)C2(CN)CCCC2)cc1. The molecule has 19 heavy (non-hydrogen) atoms. The molecule has 0 bridgehead atoms. The summed E-state index contributed by atoms with van der Waals surface area (Å²) < 4.78 is 5.16. The lowest BCUT2D eigenvalue weighted by atomic mass is 9.68. The van der Waals surface area contributed by atoms with Gasteiger partial charge in [-0.05, 0) is 37.5 Å². The molecule has 1 saturated carbocycles. The van der Waals surface area contributed by atoms with Crippen LogP contribution in [0.2, 0.25) is 0 Å². The van der Waals surface area contributed by atoms with Gasteiger partial charge in [0.05, 0.1) is 12.7 Å². The molecular weight excluding hydrogens is 238 g/mol. The van der Waals surface area contributed by atoms with Gasteiger partial charge in [-0.15, -0.1) is 0 Å². The summed E-state index contributed by atoms with van der Waals surface area (Å²) in [6.45, 7) is 2.51. The van der Waals surface area contributed by atoms with Gasteiger partial charge < -0.3 is 15.6 Å². The van der Waals surface area contributed by atoms with Crippen molar-refractivity contribution in [3.05, 3.63) is 29.8 Å². The first-order valence-electron chi connectivity index (χ1n) is 7.08. The van der Waals surface area contributed by atoms with Gasteiger partial charge in [0.15, 0.2) is 0 Å². The van der Waals surface area contributed by atoms with Gasteiger partial charge in [0.25, 0.3) is 0 Å². The Labute approximate surface area is 115 Å². The first kappa shape index (κ1) is 14.4. The minimum absolute atomic E-state index is 0.118. The van der Waals surface area contributed by atoms with Crippen molar-refractivity contribution in [1.29, 1.82) is 0 Å². The summed E-state index contributed by atoms with van der Waals surface area (Å²) in [6, 6.07) is 7.92. The van der Waals surface area contributed by atoms with Crippen LogP contribution in [0.3, 0.4) is 0 Å².